The van der Waals surface area contributed by atoms with E-state index in [2.05, 4.69) is 48.4 Å². The normalized spacial score (nSPS) is 18.8. The minimum Gasteiger partial charge on any atom is -0.368 e. The van der Waals surface area contributed by atoms with E-state index in [9.17, 15) is 9.59 Å². The van der Waals surface area contributed by atoms with Gasteiger partial charge in [-0.25, -0.2) is 4.98 Å². The number of hydrogen-bond acceptors (Lipinski definition) is 6. The Hall–Kier alpha value is -2.71. The molecule has 0 saturated carbocycles. The number of carbonyl (C=O) groups excluding carboxylic acids is 2. The van der Waals surface area contributed by atoms with E-state index in [1.54, 1.807) is 24.4 Å². The molecule has 2 amide bonds. The van der Waals surface area contributed by atoms with E-state index >= 15 is 0 Å². The number of likely N-dealkylation sites (N-methyl/N-ethyl adjacent to an activating group) is 1. The van der Waals surface area contributed by atoms with E-state index in [4.69, 9.17) is 0 Å². The fourth-order valence-corrected chi connectivity index (χ4v) is 3.67. The lowest BCUT2D eigenvalue weighted by Gasteiger charge is -2.33. The van der Waals surface area contributed by atoms with Crippen LogP contribution in [0.2, 0.25) is 0 Å². The molecule has 1 aromatic heterocycles. The quantitative estimate of drug-likeness (QED) is 0.562. The highest BCUT2D eigenvalue weighted by Crippen LogP contribution is 2.27. The molecular weight excluding hydrogens is 422 g/mol. The first kappa shape index (κ1) is 18.6. The van der Waals surface area contributed by atoms with Crippen molar-refractivity contribution in [2.24, 2.45) is 0 Å². The molecule has 0 atom stereocenters. The van der Waals surface area contributed by atoms with Crippen molar-refractivity contribution in [2.75, 3.05) is 43.4 Å². The number of aromatic nitrogens is 1. The minimum atomic E-state index is -0.433. The number of benzene rings is 1. The number of anilines is 2. The van der Waals surface area contributed by atoms with Gasteiger partial charge in [-0.2, -0.15) is 0 Å². The third-order valence-electron chi connectivity index (χ3n) is 4.97. The van der Waals surface area contributed by atoms with Crippen LogP contribution >= 0.6 is 15.9 Å². The summed E-state index contributed by atoms with van der Waals surface area (Å²) >= 11 is 3.39. The van der Waals surface area contributed by atoms with Crippen LogP contribution in [0.3, 0.4) is 0 Å². The Morgan fingerprint density at radius 3 is 2.57 bits per heavy atom. The van der Waals surface area contributed by atoms with Gasteiger partial charge < -0.3 is 15.1 Å². The summed E-state index contributed by atoms with van der Waals surface area (Å²) in [5, 5.41) is 5.43. The van der Waals surface area contributed by atoms with Crippen molar-refractivity contribution >= 4 is 44.8 Å². The van der Waals surface area contributed by atoms with Crippen LogP contribution in [-0.4, -0.2) is 54.9 Å². The molecule has 2 aliphatic rings. The van der Waals surface area contributed by atoms with E-state index < -0.39 is 5.91 Å². The van der Waals surface area contributed by atoms with Crippen LogP contribution in [0, 0.1) is 0 Å². The predicted octanol–water partition coefficient (Wildman–Crippen LogP) is 2.32. The van der Waals surface area contributed by atoms with Crippen LogP contribution in [0.25, 0.3) is 5.57 Å². The molecule has 2 aliphatic heterocycles. The number of carbonyl (C=O) groups is 2. The summed E-state index contributed by atoms with van der Waals surface area (Å²) in [7, 11) is 2.13. The number of fused-ring (bicyclic) bond motifs is 1. The van der Waals surface area contributed by atoms with Crippen molar-refractivity contribution in [2.45, 2.75) is 0 Å². The number of nitrogens with zero attached hydrogens (tertiary/aromatic N) is 3. The third kappa shape index (κ3) is 3.79. The topological polar surface area (TPSA) is 77.6 Å². The number of imide groups is 1. The van der Waals surface area contributed by atoms with Crippen LogP contribution < -0.4 is 15.5 Å². The summed E-state index contributed by atoms with van der Waals surface area (Å²) in [6.45, 7) is 4.04. The summed E-state index contributed by atoms with van der Waals surface area (Å²) in [5.41, 5.74) is 2.53. The maximum atomic E-state index is 12.3. The van der Waals surface area contributed by atoms with Crippen molar-refractivity contribution in [3.05, 3.63) is 58.3 Å². The molecule has 8 heteroatoms. The van der Waals surface area contributed by atoms with E-state index in [1.807, 2.05) is 18.3 Å². The standard InChI is InChI=1S/C20H20BrN5O2/c1-25-6-8-26(9-7-25)14-3-5-18(22-11-14)23-12-17-16-10-13(21)2-4-15(16)19(27)24-20(17)28/h2-5,10-12H,6-9H2,1H3,(H,22,23)(H,24,27,28). The Balaban J connectivity index is 1.53. The lowest BCUT2D eigenvalue weighted by atomic mass is 9.96. The molecule has 1 fully saturated rings. The minimum absolute atomic E-state index is 0.390. The van der Waals surface area contributed by atoms with Gasteiger partial charge >= 0.3 is 0 Å². The maximum absolute atomic E-state index is 12.3. The molecule has 0 spiro atoms. The molecule has 144 valence electrons. The molecule has 0 unspecified atom stereocenters. The fourth-order valence-electron chi connectivity index (χ4n) is 3.31. The first-order chi connectivity index (χ1) is 13.5. The van der Waals surface area contributed by atoms with Gasteiger partial charge in [0, 0.05) is 48.0 Å². The van der Waals surface area contributed by atoms with Crippen LogP contribution in [0.15, 0.2) is 47.2 Å². The monoisotopic (exact) mass is 441 g/mol. The Morgan fingerprint density at radius 1 is 1.07 bits per heavy atom. The first-order valence-electron chi connectivity index (χ1n) is 9.03. The highest BCUT2D eigenvalue weighted by molar-refractivity contribution is 9.10. The van der Waals surface area contributed by atoms with E-state index in [0.29, 0.717) is 22.5 Å². The van der Waals surface area contributed by atoms with Gasteiger partial charge in [0.1, 0.15) is 5.82 Å². The molecule has 2 N–H and O–H groups in total. The van der Waals surface area contributed by atoms with Gasteiger partial charge in [-0.1, -0.05) is 15.9 Å². The van der Waals surface area contributed by atoms with Gasteiger partial charge in [-0.3, -0.25) is 14.9 Å². The molecule has 0 bridgehead atoms. The number of amides is 2. The van der Waals surface area contributed by atoms with Gasteiger partial charge in [0.15, 0.2) is 0 Å². The highest BCUT2D eigenvalue weighted by Gasteiger charge is 2.27. The van der Waals surface area contributed by atoms with Gasteiger partial charge in [-0.15, -0.1) is 0 Å². The molecule has 3 heterocycles. The SMILES string of the molecule is CN1CCN(c2ccc(NC=C3C(=O)NC(=O)c4ccc(Br)cc43)nc2)CC1. The summed E-state index contributed by atoms with van der Waals surface area (Å²) in [4.78, 5) is 33.4. The van der Waals surface area contributed by atoms with Crippen LogP contribution in [-0.2, 0) is 4.79 Å². The zero-order valence-corrected chi connectivity index (χ0v) is 17.0. The van der Waals surface area contributed by atoms with Crippen LogP contribution in [0.4, 0.5) is 11.5 Å². The number of piperazine rings is 1. The van der Waals surface area contributed by atoms with Gasteiger partial charge in [0.2, 0.25) is 0 Å². The number of rotatable bonds is 3. The molecule has 0 aliphatic carbocycles. The Bertz CT molecular complexity index is 950. The van der Waals surface area contributed by atoms with Gasteiger partial charge in [-0.05, 0) is 37.4 Å². The van der Waals surface area contributed by atoms with Crippen molar-refractivity contribution in [1.82, 2.24) is 15.2 Å². The van der Waals surface area contributed by atoms with Crippen LogP contribution in [0.1, 0.15) is 15.9 Å². The van der Waals surface area contributed by atoms with Crippen molar-refractivity contribution in [3.8, 4) is 0 Å². The Kier molecular flexibility index (Phi) is 5.15. The maximum Gasteiger partial charge on any atom is 0.260 e. The average molecular weight is 442 g/mol. The zero-order chi connectivity index (χ0) is 19.7. The van der Waals surface area contributed by atoms with E-state index in [0.717, 1.165) is 36.3 Å². The largest absolute Gasteiger partial charge is 0.368 e. The molecule has 0 radical (unpaired) electrons. The third-order valence-corrected chi connectivity index (χ3v) is 5.46. The summed E-state index contributed by atoms with van der Waals surface area (Å²) in [5.74, 6) is -0.192. The van der Waals surface area contributed by atoms with E-state index in [1.165, 1.54) is 0 Å². The average Bonchev–Trinajstić information content (AvgIpc) is 2.68. The number of halogens is 1. The Morgan fingerprint density at radius 2 is 1.86 bits per heavy atom. The second-order valence-corrected chi connectivity index (χ2v) is 7.78. The molecule has 1 saturated heterocycles. The molecule has 2 aromatic rings. The zero-order valence-electron chi connectivity index (χ0n) is 15.4. The van der Waals surface area contributed by atoms with Gasteiger partial charge in [0.05, 0.1) is 17.5 Å². The van der Waals surface area contributed by atoms with E-state index in [-0.39, 0.29) is 5.91 Å². The lowest BCUT2D eigenvalue weighted by molar-refractivity contribution is -0.114. The number of pyridine rings is 1. The molecule has 28 heavy (non-hydrogen) atoms. The molecule has 7 nitrogen and oxygen atoms in total. The summed E-state index contributed by atoms with van der Waals surface area (Å²) < 4.78 is 0.800. The Labute approximate surface area is 171 Å². The van der Waals surface area contributed by atoms with Crippen LogP contribution in [0.5, 0.6) is 0 Å². The highest BCUT2D eigenvalue weighted by atomic mass is 79.9. The number of hydrogen-bond donors (Lipinski definition) is 2. The second kappa shape index (κ2) is 7.73. The first-order valence-corrected chi connectivity index (χ1v) is 9.82. The lowest BCUT2D eigenvalue weighted by Crippen LogP contribution is -2.44. The summed E-state index contributed by atoms with van der Waals surface area (Å²) in [6, 6.07) is 9.14. The smallest absolute Gasteiger partial charge is 0.260 e. The molecule has 1 aromatic carbocycles. The second-order valence-electron chi connectivity index (χ2n) is 6.87. The number of nitrogens with one attached hydrogen (secondary N) is 2. The molecule has 4 rings (SSSR count). The van der Waals surface area contributed by atoms with Crippen molar-refractivity contribution in [3.63, 3.8) is 0 Å². The molecular formula is C20H20BrN5O2. The van der Waals surface area contributed by atoms with Crippen molar-refractivity contribution < 1.29 is 9.59 Å². The predicted molar refractivity (Wildman–Crippen MR) is 112 cm³/mol. The fraction of sp³-hybridized carbons (Fsp3) is 0.250. The summed E-state index contributed by atoms with van der Waals surface area (Å²) in [6.07, 6.45) is 3.42. The van der Waals surface area contributed by atoms with Gasteiger partial charge in [0.25, 0.3) is 11.8 Å². The van der Waals surface area contributed by atoms with Crippen molar-refractivity contribution in [1.29, 1.82) is 0 Å².